The van der Waals surface area contributed by atoms with E-state index in [1.54, 1.807) is 7.11 Å². The highest BCUT2D eigenvalue weighted by Gasteiger charge is 2.52. The van der Waals surface area contributed by atoms with E-state index < -0.39 is 0 Å². The lowest BCUT2D eigenvalue weighted by atomic mass is 10.1. The van der Waals surface area contributed by atoms with Crippen molar-refractivity contribution in [3.05, 3.63) is 36.4 Å². The molecule has 0 bridgehead atoms. The summed E-state index contributed by atoms with van der Waals surface area (Å²) in [6, 6.07) is 7.53. The van der Waals surface area contributed by atoms with Gasteiger partial charge in [0.15, 0.2) is 0 Å². The van der Waals surface area contributed by atoms with Crippen molar-refractivity contribution in [3.63, 3.8) is 0 Å². The number of amides is 1. The van der Waals surface area contributed by atoms with Crippen molar-refractivity contribution >= 4 is 11.6 Å². The zero-order chi connectivity index (χ0) is 13.9. The van der Waals surface area contributed by atoms with Gasteiger partial charge in [-0.25, -0.2) is 0 Å². The molecule has 106 valence electrons. The number of rotatable bonds is 3. The molecule has 0 unspecified atom stereocenters. The first kappa shape index (κ1) is 13.2. The molecule has 0 saturated heterocycles. The van der Waals surface area contributed by atoms with Crippen molar-refractivity contribution in [3.8, 4) is 5.75 Å². The molecule has 3 nitrogen and oxygen atoms in total. The Morgan fingerprint density at radius 2 is 2.25 bits per heavy atom. The maximum Gasteiger partial charge on any atom is 0.228 e. The molecule has 1 amide bonds. The van der Waals surface area contributed by atoms with Crippen LogP contribution in [0.2, 0.25) is 0 Å². The molecule has 1 aromatic rings. The minimum Gasteiger partial charge on any atom is -0.497 e. The van der Waals surface area contributed by atoms with Crippen LogP contribution in [-0.4, -0.2) is 13.0 Å². The summed E-state index contributed by atoms with van der Waals surface area (Å²) in [5.41, 5.74) is 0.817. The fraction of sp³-hybridized carbons (Fsp3) is 0.471. The zero-order valence-electron chi connectivity index (χ0n) is 11.8. The van der Waals surface area contributed by atoms with E-state index in [0.29, 0.717) is 11.8 Å². The number of hydrogen-bond acceptors (Lipinski definition) is 2. The average molecular weight is 271 g/mol. The Balaban J connectivity index is 1.65. The highest BCUT2D eigenvalue weighted by Crippen LogP contribution is 2.51. The Morgan fingerprint density at radius 1 is 1.35 bits per heavy atom. The highest BCUT2D eigenvalue weighted by molar-refractivity contribution is 5.95. The summed E-state index contributed by atoms with van der Waals surface area (Å²) < 4.78 is 5.18. The quantitative estimate of drug-likeness (QED) is 0.853. The Labute approximate surface area is 120 Å². The van der Waals surface area contributed by atoms with Gasteiger partial charge in [-0.05, 0) is 43.2 Å². The number of benzene rings is 1. The zero-order valence-corrected chi connectivity index (χ0v) is 11.8. The van der Waals surface area contributed by atoms with Crippen molar-refractivity contribution in [1.29, 1.82) is 0 Å². The molecule has 0 spiro atoms. The Kier molecular flexibility index (Phi) is 3.77. The molecular weight excluding hydrogens is 250 g/mol. The topological polar surface area (TPSA) is 38.3 Å². The summed E-state index contributed by atoms with van der Waals surface area (Å²) in [5.74, 6) is 2.10. The number of nitrogens with one attached hydrogen (secondary N) is 1. The number of carbonyl (C=O) groups excluding carboxylic acids is 1. The largest absolute Gasteiger partial charge is 0.497 e. The van der Waals surface area contributed by atoms with E-state index in [1.807, 2.05) is 24.3 Å². The molecule has 3 atom stereocenters. The first-order valence-electron chi connectivity index (χ1n) is 7.41. The van der Waals surface area contributed by atoms with Gasteiger partial charge in [0.2, 0.25) is 5.91 Å². The van der Waals surface area contributed by atoms with Gasteiger partial charge in [-0.15, -0.1) is 0 Å². The summed E-state index contributed by atoms with van der Waals surface area (Å²) in [4.78, 5) is 12.4. The second-order valence-electron chi connectivity index (χ2n) is 5.70. The lowest BCUT2D eigenvalue weighted by Crippen LogP contribution is -2.15. The van der Waals surface area contributed by atoms with Crippen LogP contribution in [0.15, 0.2) is 36.4 Å². The molecule has 20 heavy (non-hydrogen) atoms. The standard InChI is InChI=1S/C17H21NO2/c1-20-13-8-6-7-12(11-13)18-17(19)16-14-9-4-2-3-5-10-15(14)16/h4,6-9,11,14-16H,2-3,5,10H2,1H3,(H,18,19)/t14-,15-,16+/m0/s1. The summed E-state index contributed by atoms with van der Waals surface area (Å²) in [7, 11) is 1.63. The molecule has 0 aromatic heterocycles. The molecule has 0 aliphatic heterocycles. The third-order valence-electron chi connectivity index (χ3n) is 4.39. The van der Waals surface area contributed by atoms with Crippen LogP contribution in [0.1, 0.15) is 25.7 Å². The molecule has 1 aromatic carbocycles. The predicted molar refractivity (Wildman–Crippen MR) is 79.7 cm³/mol. The van der Waals surface area contributed by atoms with Crippen molar-refractivity contribution < 1.29 is 9.53 Å². The first-order valence-corrected chi connectivity index (χ1v) is 7.41. The van der Waals surface area contributed by atoms with Crippen molar-refractivity contribution in [2.24, 2.45) is 17.8 Å². The van der Waals surface area contributed by atoms with E-state index in [2.05, 4.69) is 17.5 Å². The Morgan fingerprint density at radius 3 is 3.10 bits per heavy atom. The second-order valence-corrected chi connectivity index (χ2v) is 5.70. The minimum atomic E-state index is 0.153. The van der Waals surface area contributed by atoms with Crippen molar-refractivity contribution in [1.82, 2.24) is 0 Å². The van der Waals surface area contributed by atoms with E-state index in [1.165, 1.54) is 19.3 Å². The van der Waals surface area contributed by atoms with Crippen molar-refractivity contribution in [2.75, 3.05) is 12.4 Å². The third kappa shape index (κ3) is 2.72. The SMILES string of the molecule is COc1cccc(NC(=O)[C@@H]2[C@H]3C=CCCCC[C@@H]32)c1. The third-order valence-corrected chi connectivity index (χ3v) is 4.39. The Bertz CT molecular complexity index is 523. The lowest BCUT2D eigenvalue weighted by Gasteiger charge is -2.06. The normalized spacial score (nSPS) is 27.9. The van der Waals surface area contributed by atoms with Gasteiger partial charge < -0.3 is 10.1 Å². The van der Waals surface area contributed by atoms with Gasteiger partial charge in [-0.2, -0.15) is 0 Å². The molecule has 2 aliphatic carbocycles. The summed E-state index contributed by atoms with van der Waals surface area (Å²) in [6.07, 6.45) is 9.34. The van der Waals surface area contributed by atoms with E-state index in [9.17, 15) is 4.79 Å². The van der Waals surface area contributed by atoms with Crippen LogP contribution in [0.4, 0.5) is 5.69 Å². The summed E-state index contributed by atoms with van der Waals surface area (Å²) in [6.45, 7) is 0. The van der Waals surface area contributed by atoms with Crippen LogP contribution in [0.3, 0.4) is 0 Å². The average Bonchev–Trinajstić information content (AvgIpc) is 3.10. The van der Waals surface area contributed by atoms with Crippen LogP contribution in [0.5, 0.6) is 5.75 Å². The van der Waals surface area contributed by atoms with E-state index in [0.717, 1.165) is 17.9 Å². The van der Waals surface area contributed by atoms with Crippen LogP contribution in [-0.2, 0) is 4.79 Å². The molecule has 0 radical (unpaired) electrons. The monoisotopic (exact) mass is 271 g/mol. The van der Waals surface area contributed by atoms with Gasteiger partial charge in [0.1, 0.15) is 5.75 Å². The lowest BCUT2D eigenvalue weighted by molar-refractivity contribution is -0.117. The number of methoxy groups -OCH3 is 1. The van der Waals surface area contributed by atoms with Gasteiger partial charge in [-0.1, -0.05) is 24.6 Å². The molecule has 3 rings (SSSR count). The number of hydrogen-bond donors (Lipinski definition) is 1. The van der Waals surface area contributed by atoms with E-state index >= 15 is 0 Å². The second kappa shape index (κ2) is 5.70. The van der Waals surface area contributed by atoms with Gasteiger partial charge in [0.05, 0.1) is 7.11 Å². The minimum absolute atomic E-state index is 0.153. The number of carbonyl (C=O) groups is 1. The molecule has 1 N–H and O–H groups in total. The van der Waals surface area contributed by atoms with Crippen LogP contribution in [0.25, 0.3) is 0 Å². The molecule has 1 fully saturated rings. The van der Waals surface area contributed by atoms with Crippen molar-refractivity contribution in [2.45, 2.75) is 25.7 Å². The fourth-order valence-corrected chi connectivity index (χ4v) is 3.23. The molecular formula is C17H21NO2. The van der Waals surface area contributed by atoms with Gasteiger partial charge in [-0.3, -0.25) is 4.79 Å². The summed E-state index contributed by atoms with van der Waals surface area (Å²) in [5, 5.41) is 3.02. The smallest absolute Gasteiger partial charge is 0.228 e. The maximum absolute atomic E-state index is 12.4. The van der Waals surface area contributed by atoms with Crippen LogP contribution in [0, 0.1) is 17.8 Å². The highest BCUT2D eigenvalue weighted by atomic mass is 16.5. The van der Waals surface area contributed by atoms with E-state index in [4.69, 9.17) is 4.74 Å². The van der Waals surface area contributed by atoms with Gasteiger partial charge in [0.25, 0.3) is 0 Å². The van der Waals surface area contributed by atoms with Gasteiger partial charge in [0, 0.05) is 17.7 Å². The maximum atomic E-state index is 12.4. The fourth-order valence-electron chi connectivity index (χ4n) is 3.23. The number of fused-ring (bicyclic) bond motifs is 1. The molecule has 1 saturated carbocycles. The number of anilines is 1. The van der Waals surface area contributed by atoms with Gasteiger partial charge >= 0.3 is 0 Å². The van der Waals surface area contributed by atoms with Crippen LogP contribution >= 0.6 is 0 Å². The summed E-state index contributed by atoms with van der Waals surface area (Å²) >= 11 is 0. The molecule has 2 aliphatic rings. The van der Waals surface area contributed by atoms with Crippen LogP contribution < -0.4 is 10.1 Å². The number of ether oxygens (including phenoxy) is 1. The Hall–Kier alpha value is -1.77. The first-order chi connectivity index (χ1) is 9.79. The number of allylic oxidation sites excluding steroid dienone is 2. The predicted octanol–water partition coefficient (Wildman–Crippen LogP) is 3.63. The van der Waals surface area contributed by atoms with E-state index in [-0.39, 0.29) is 11.8 Å². The molecule has 0 heterocycles. The molecule has 3 heteroatoms.